The van der Waals surface area contributed by atoms with Crippen molar-refractivity contribution in [3.63, 3.8) is 0 Å². The average Bonchev–Trinajstić information content (AvgIpc) is 3.02. The lowest BCUT2D eigenvalue weighted by molar-refractivity contribution is 0.390. The third-order valence-electron chi connectivity index (χ3n) is 2.49. The largest absolute Gasteiger partial charge is 0.481 e. The van der Waals surface area contributed by atoms with Crippen LogP contribution in [-0.4, -0.2) is 23.6 Å². The molecule has 2 rings (SSSR count). The Bertz CT molecular complexity index is 323. The summed E-state index contributed by atoms with van der Waals surface area (Å²) in [7, 11) is 1.64. The fourth-order valence-electron chi connectivity index (χ4n) is 1.67. The van der Waals surface area contributed by atoms with Gasteiger partial charge in [-0.1, -0.05) is 0 Å². The molecule has 1 aromatic rings. The highest BCUT2D eigenvalue weighted by Gasteiger charge is 2.28. The zero-order valence-corrected chi connectivity index (χ0v) is 8.36. The van der Waals surface area contributed by atoms with Crippen molar-refractivity contribution < 1.29 is 4.74 Å². The first-order valence-corrected chi connectivity index (χ1v) is 4.94. The van der Waals surface area contributed by atoms with Gasteiger partial charge in [-0.15, -0.1) is 0 Å². The SMILES string of the molecule is COc1ncnc(C2CC2)c1CCN. The molecule has 0 saturated heterocycles. The molecule has 14 heavy (non-hydrogen) atoms. The van der Waals surface area contributed by atoms with Crippen LogP contribution >= 0.6 is 0 Å². The number of methoxy groups -OCH3 is 1. The molecule has 0 aliphatic heterocycles. The quantitative estimate of drug-likeness (QED) is 0.770. The van der Waals surface area contributed by atoms with Gasteiger partial charge in [0.25, 0.3) is 0 Å². The van der Waals surface area contributed by atoms with Crippen molar-refractivity contribution in [2.45, 2.75) is 25.2 Å². The highest BCUT2D eigenvalue weighted by Crippen LogP contribution is 2.41. The van der Waals surface area contributed by atoms with Crippen LogP contribution in [0.1, 0.15) is 30.0 Å². The monoisotopic (exact) mass is 193 g/mol. The van der Waals surface area contributed by atoms with Gasteiger partial charge in [0.2, 0.25) is 5.88 Å². The molecule has 1 heterocycles. The molecular formula is C10H15N3O. The van der Waals surface area contributed by atoms with Crippen LogP contribution in [0.15, 0.2) is 6.33 Å². The van der Waals surface area contributed by atoms with E-state index in [0.717, 1.165) is 17.7 Å². The Hall–Kier alpha value is -1.16. The number of hydrogen-bond acceptors (Lipinski definition) is 4. The van der Waals surface area contributed by atoms with Gasteiger partial charge in [-0.05, 0) is 25.8 Å². The second-order valence-electron chi connectivity index (χ2n) is 3.56. The first-order chi connectivity index (χ1) is 6.86. The standard InChI is InChI=1S/C10H15N3O/c1-14-10-8(4-5-11)9(7-2-3-7)12-6-13-10/h6-7H,2-5,11H2,1H3. The van der Waals surface area contributed by atoms with Gasteiger partial charge in [0.05, 0.1) is 12.8 Å². The summed E-state index contributed by atoms with van der Waals surface area (Å²) in [6.45, 7) is 0.615. The van der Waals surface area contributed by atoms with E-state index < -0.39 is 0 Å². The van der Waals surface area contributed by atoms with E-state index in [9.17, 15) is 0 Å². The minimum atomic E-state index is 0.615. The van der Waals surface area contributed by atoms with Gasteiger partial charge in [-0.3, -0.25) is 0 Å². The Kier molecular flexibility index (Phi) is 2.63. The maximum absolute atomic E-state index is 5.56. The van der Waals surface area contributed by atoms with Crippen LogP contribution in [0.25, 0.3) is 0 Å². The lowest BCUT2D eigenvalue weighted by Gasteiger charge is -2.09. The van der Waals surface area contributed by atoms with Crippen LogP contribution < -0.4 is 10.5 Å². The van der Waals surface area contributed by atoms with E-state index in [1.54, 1.807) is 13.4 Å². The molecule has 4 heteroatoms. The Morgan fingerprint density at radius 3 is 2.86 bits per heavy atom. The van der Waals surface area contributed by atoms with E-state index in [1.807, 2.05) is 0 Å². The molecule has 0 bridgehead atoms. The van der Waals surface area contributed by atoms with Gasteiger partial charge < -0.3 is 10.5 Å². The number of aromatic nitrogens is 2. The summed E-state index contributed by atoms with van der Waals surface area (Å²) >= 11 is 0. The second-order valence-corrected chi connectivity index (χ2v) is 3.56. The topological polar surface area (TPSA) is 61.0 Å². The Balaban J connectivity index is 2.36. The molecule has 4 nitrogen and oxygen atoms in total. The van der Waals surface area contributed by atoms with E-state index in [-0.39, 0.29) is 0 Å². The van der Waals surface area contributed by atoms with E-state index in [1.165, 1.54) is 12.8 Å². The van der Waals surface area contributed by atoms with Gasteiger partial charge in [0, 0.05) is 11.5 Å². The molecule has 0 unspecified atom stereocenters. The number of nitrogens with zero attached hydrogens (tertiary/aromatic N) is 2. The molecule has 1 aliphatic carbocycles. The molecule has 0 amide bonds. The summed E-state index contributed by atoms with van der Waals surface area (Å²) in [5.41, 5.74) is 7.80. The van der Waals surface area contributed by atoms with Crippen LogP contribution in [-0.2, 0) is 6.42 Å². The molecular weight excluding hydrogens is 178 g/mol. The summed E-state index contributed by atoms with van der Waals surface area (Å²) in [5.74, 6) is 1.31. The van der Waals surface area contributed by atoms with Gasteiger partial charge in [-0.25, -0.2) is 9.97 Å². The highest BCUT2D eigenvalue weighted by molar-refractivity contribution is 5.34. The molecule has 1 aliphatic rings. The van der Waals surface area contributed by atoms with Crippen molar-refractivity contribution in [2.24, 2.45) is 5.73 Å². The summed E-state index contributed by atoms with van der Waals surface area (Å²) in [5, 5.41) is 0. The smallest absolute Gasteiger partial charge is 0.219 e. The predicted octanol–water partition coefficient (Wildman–Crippen LogP) is 0.864. The summed E-state index contributed by atoms with van der Waals surface area (Å²) in [4.78, 5) is 8.42. The first kappa shape index (κ1) is 9.40. The zero-order chi connectivity index (χ0) is 9.97. The van der Waals surface area contributed by atoms with Crippen LogP contribution in [0.2, 0.25) is 0 Å². The van der Waals surface area contributed by atoms with Gasteiger partial charge in [0.1, 0.15) is 6.33 Å². The molecule has 0 spiro atoms. The average molecular weight is 193 g/mol. The highest BCUT2D eigenvalue weighted by atomic mass is 16.5. The van der Waals surface area contributed by atoms with Crippen molar-refractivity contribution >= 4 is 0 Å². The lowest BCUT2D eigenvalue weighted by atomic mass is 10.1. The third kappa shape index (κ3) is 1.70. The molecule has 0 aromatic carbocycles. The maximum Gasteiger partial charge on any atom is 0.219 e. The Labute approximate surface area is 83.5 Å². The van der Waals surface area contributed by atoms with E-state index in [0.29, 0.717) is 18.3 Å². The molecule has 1 saturated carbocycles. The van der Waals surface area contributed by atoms with Crippen molar-refractivity contribution in [1.82, 2.24) is 9.97 Å². The molecule has 0 atom stereocenters. The lowest BCUT2D eigenvalue weighted by Crippen LogP contribution is -2.09. The van der Waals surface area contributed by atoms with Gasteiger partial charge in [-0.2, -0.15) is 0 Å². The number of ether oxygens (including phenoxy) is 1. The van der Waals surface area contributed by atoms with Gasteiger partial charge >= 0.3 is 0 Å². The van der Waals surface area contributed by atoms with Crippen LogP contribution in [0.4, 0.5) is 0 Å². The Morgan fingerprint density at radius 1 is 1.50 bits per heavy atom. The fraction of sp³-hybridized carbons (Fsp3) is 0.600. The van der Waals surface area contributed by atoms with Crippen LogP contribution in [0.3, 0.4) is 0 Å². The minimum absolute atomic E-state index is 0.615. The second kappa shape index (κ2) is 3.92. The third-order valence-corrected chi connectivity index (χ3v) is 2.49. The predicted molar refractivity (Wildman–Crippen MR) is 53.3 cm³/mol. The first-order valence-electron chi connectivity index (χ1n) is 4.94. The molecule has 0 radical (unpaired) electrons. The molecule has 1 aromatic heterocycles. The van der Waals surface area contributed by atoms with E-state index in [4.69, 9.17) is 10.5 Å². The molecule has 2 N–H and O–H groups in total. The molecule has 1 fully saturated rings. The van der Waals surface area contributed by atoms with Crippen molar-refractivity contribution in [3.8, 4) is 5.88 Å². The summed E-state index contributed by atoms with van der Waals surface area (Å²) in [6, 6.07) is 0. The minimum Gasteiger partial charge on any atom is -0.481 e. The normalized spacial score (nSPS) is 15.6. The summed E-state index contributed by atoms with van der Waals surface area (Å²) < 4.78 is 5.21. The fourth-order valence-corrected chi connectivity index (χ4v) is 1.67. The zero-order valence-electron chi connectivity index (χ0n) is 8.36. The van der Waals surface area contributed by atoms with Crippen molar-refractivity contribution in [2.75, 3.05) is 13.7 Å². The maximum atomic E-state index is 5.56. The van der Waals surface area contributed by atoms with E-state index in [2.05, 4.69) is 9.97 Å². The number of nitrogens with two attached hydrogens (primary N) is 1. The van der Waals surface area contributed by atoms with Crippen molar-refractivity contribution in [3.05, 3.63) is 17.6 Å². The van der Waals surface area contributed by atoms with Crippen molar-refractivity contribution in [1.29, 1.82) is 0 Å². The van der Waals surface area contributed by atoms with Crippen LogP contribution in [0.5, 0.6) is 5.88 Å². The number of hydrogen-bond donors (Lipinski definition) is 1. The van der Waals surface area contributed by atoms with Gasteiger partial charge in [0.15, 0.2) is 0 Å². The van der Waals surface area contributed by atoms with E-state index >= 15 is 0 Å². The molecule has 76 valence electrons. The Morgan fingerprint density at radius 2 is 2.29 bits per heavy atom. The summed E-state index contributed by atoms with van der Waals surface area (Å²) in [6.07, 6.45) is 4.85. The van der Waals surface area contributed by atoms with Crippen LogP contribution in [0, 0.1) is 0 Å². The number of rotatable bonds is 4.